The van der Waals surface area contributed by atoms with Crippen molar-refractivity contribution in [1.29, 1.82) is 0 Å². The van der Waals surface area contributed by atoms with Gasteiger partial charge in [0.05, 0.1) is 0 Å². The Morgan fingerprint density at radius 3 is 2.42 bits per heavy atom. The highest BCUT2D eigenvalue weighted by Gasteiger charge is 2.38. The average molecular weight is 166 g/mol. The second-order valence-electron chi connectivity index (χ2n) is 5.19. The molecule has 3 atom stereocenters. The van der Waals surface area contributed by atoms with Crippen molar-refractivity contribution in [2.45, 2.75) is 52.4 Å². The minimum absolute atomic E-state index is 0.943. The standard InChI is InChI=1S/C12H22/c1-9(2)11-8-7-10-5-3-4-6-12(10)11/h9-12H,3-8H2,1-2H3. The maximum atomic E-state index is 2.42. The van der Waals surface area contributed by atoms with E-state index in [0.29, 0.717) is 0 Å². The summed E-state index contributed by atoms with van der Waals surface area (Å²) in [6, 6.07) is 0. The first kappa shape index (κ1) is 8.59. The molecule has 2 aliphatic carbocycles. The van der Waals surface area contributed by atoms with Crippen LogP contribution in [-0.2, 0) is 0 Å². The van der Waals surface area contributed by atoms with Gasteiger partial charge in [0, 0.05) is 0 Å². The Kier molecular flexibility index (Phi) is 2.43. The molecule has 2 saturated carbocycles. The highest BCUT2D eigenvalue weighted by atomic mass is 14.4. The van der Waals surface area contributed by atoms with E-state index in [0.717, 1.165) is 23.7 Å². The Bertz CT molecular complexity index is 148. The fourth-order valence-electron chi connectivity index (χ4n) is 3.61. The van der Waals surface area contributed by atoms with Crippen molar-refractivity contribution < 1.29 is 0 Å². The smallest absolute Gasteiger partial charge is 0.0355 e. The Morgan fingerprint density at radius 1 is 0.917 bits per heavy atom. The van der Waals surface area contributed by atoms with E-state index in [1.807, 2.05) is 0 Å². The predicted molar refractivity (Wildman–Crippen MR) is 53.0 cm³/mol. The van der Waals surface area contributed by atoms with Crippen LogP contribution in [0.3, 0.4) is 0 Å². The number of hydrogen-bond donors (Lipinski definition) is 0. The molecular weight excluding hydrogens is 144 g/mol. The third kappa shape index (κ3) is 1.41. The molecule has 12 heavy (non-hydrogen) atoms. The van der Waals surface area contributed by atoms with Crippen LogP contribution in [0.4, 0.5) is 0 Å². The van der Waals surface area contributed by atoms with Gasteiger partial charge < -0.3 is 0 Å². The Morgan fingerprint density at radius 2 is 1.67 bits per heavy atom. The third-order valence-corrected chi connectivity index (χ3v) is 4.24. The van der Waals surface area contributed by atoms with E-state index >= 15 is 0 Å². The molecule has 2 rings (SSSR count). The molecule has 0 aromatic heterocycles. The highest BCUT2D eigenvalue weighted by Crippen LogP contribution is 2.48. The molecular formula is C12H22. The monoisotopic (exact) mass is 166 g/mol. The summed E-state index contributed by atoms with van der Waals surface area (Å²) in [5, 5.41) is 0. The van der Waals surface area contributed by atoms with Crippen molar-refractivity contribution in [3.05, 3.63) is 0 Å². The van der Waals surface area contributed by atoms with E-state index in [9.17, 15) is 0 Å². The van der Waals surface area contributed by atoms with E-state index < -0.39 is 0 Å². The summed E-state index contributed by atoms with van der Waals surface area (Å²) in [6.45, 7) is 4.84. The largest absolute Gasteiger partial charge is 0.0625 e. The SMILES string of the molecule is CC(C)C1CCC2CCCCC21. The Balaban J connectivity index is 2.01. The number of hydrogen-bond acceptors (Lipinski definition) is 0. The van der Waals surface area contributed by atoms with Crippen LogP contribution < -0.4 is 0 Å². The molecule has 0 aromatic rings. The minimum Gasteiger partial charge on any atom is -0.0625 e. The van der Waals surface area contributed by atoms with Gasteiger partial charge in [0.1, 0.15) is 0 Å². The van der Waals surface area contributed by atoms with Gasteiger partial charge in [-0.2, -0.15) is 0 Å². The van der Waals surface area contributed by atoms with Crippen molar-refractivity contribution >= 4 is 0 Å². The van der Waals surface area contributed by atoms with E-state index in [1.165, 1.54) is 19.3 Å². The van der Waals surface area contributed by atoms with Gasteiger partial charge >= 0.3 is 0 Å². The van der Waals surface area contributed by atoms with Gasteiger partial charge in [-0.1, -0.05) is 33.1 Å². The van der Waals surface area contributed by atoms with Crippen LogP contribution in [0, 0.1) is 23.7 Å². The summed E-state index contributed by atoms with van der Waals surface area (Å²) in [5.74, 6) is 4.28. The minimum atomic E-state index is 0.943. The molecule has 2 fully saturated rings. The van der Waals surface area contributed by atoms with Gasteiger partial charge in [0.2, 0.25) is 0 Å². The zero-order valence-corrected chi connectivity index (χ0v) is 8.55. The average Bonchev–Trinajstić information content (AvgIpc) is 2.47. The molecule has 3 unspecified atom stereocenters. The molecule has 2 aliphatic rings. The quantitative estimate of drug-likeness (QED) is 0.555. The lowest BCUT2D eigenvalue weighted by molar-refractivity contribution is 0.193. The molecule has 0 radical (unpaired) electrons. The molecule has 70 valence electrons. The first-order valence-corrected chi connectivity index (χ1v) is 5.79. The fraction of sp³-hybridized carbons (Fsp3) is 1.00. The van der Waals surface area contributed by atoms with Gasteiger partial charge in [-0.3, -0.25) is 0 Å². The van der Waals surface area contributed by atoms with Gasteiger partial charge in [-0.15, -0.1) is 0 Å². The Labute approximate surface area is 76.7 Å². The molecule has 0 bridgehead atoms. The highest BCUT2D eigenvalue weighted by molar-refractivity contribution is 4.88. The zero-order chi connectivity index (χ0) is 8.55. The van der Waals surface area contributed by atoms with E-state index in [2.05, 4.69) is 13.8 Å². The number of fused-ring (bicyclic) bond motifs is 1. The molecule has 0 aromatic carbocycles. The molecule has 0 aliphatic heterocycles. The molecule has 0 spiro atoms. The van der Waals surface area contributed by atoms with Crippen molar-refractivity contribution in [1.82, 2.24) is 0 Å². The summed E-state index contributed by atoms with van der Waals surface area (Å²) in [4.78, 5) is 0. The summed E-state index contributed by atoms with van der Waals surface area (Å²) in [7, 11) is 0. The van der Waals surface area contributed by atoms with Crippen molar-refractivity contribution in [2.75, 3.05) is 0 Å². The van der Waals surface area contributed by atoms with Crippen molar-refractivity contribution in [3.8, 4) is 0 Å². The maximum absolute atomic E-state index is 2.42. The van der Waals surface area contributed by atoms with Gasteiger partial charge in [0.15, 0.2) is 0 Å². The third-order valence-electron chi connectivity index (χ3n) is 4.24. The lowest BCUT2D eigenvalue weighted by atomic mass is 9.75. The van der Waals surface area contributed by atoms with Crippen LogP contribution in [-0.4, -0.2) is 0 Å². The van der Waals surface area contributed by atoms with Crippen molar-refractivity contribution in [3.63, 3.8) is 0 Å². The summed E-state index contributed by atoms with van der Waals surface area (Å²) >= 11 is 0. The van der Waals surface area contributed by atoms with Crippen LogP contribution >= 0.6 is 0 Å². The summed E-state index contributed by atoms with van der Waals surface area (Å²) in [6.07, 6.45) is 9.22. The number of rotatable bonds is 1. The second-order valence-corrected chi connectivity index (χ2v) is 5.19. The summed E-state index contributed by atoms with van der Waals surface area (Å²) < 4.78 is 0. The predicted octanol–water partition coefficient (Wildman–Crippen LogP) is 3.86. The summed E-state index contributed by atoms with van der Waals surface area (Å²) in [5.41, 5.74) is 0. The van der Waals surface area contributed by atoms with E-state index in [-0.39, 0.29) is 0 Å². The van der Waals surface area contributed by atoms with Gasteiger partial charge in [-0.05, 0) is 42.9 Å². The van der Waals surface area contributed by atoms with Crippen LogP contribution in [0.25, 0.3) is 0 Å². The van der Waals surface area contributed by atoms with Crippen LogP contribution in [0.2, 0.25) is 0 Å². The Hall–Kier alpha value is 0. The molecule has 0 amide bonds. The lowest BCUT2D eigenvalue weighted by Crippen LogP contribution is -2.22. The van der Waals surface area contributed by atoms with Crippen molar-refractivity contribution in [2.24, 2.45) is 23.7 Å². The molecule has 0 nitrogen and oxygen atoms in total. The van der Waals surface area contributed by atoms with Crippen LogP contribution in [0.1, 0.15) is 52.4 Å². The van der Waals surface area contributed by atoms with E-state index in [1.54, 1.807) is 19.3 Å². The first-order valence-electron chi connectivity index (χ1n) is 5.79. The topological polar surface area (TPSA) is 0 Å². The molecule has 0 N–H and O–H groups in total. The van der Waals surface area contributed by atoms with Crippen LogP contribution in [0.15, 0.2) is 0 Å². The maximum Gasteiger partial charge on any atom is -0.0355 e. The van der Waals surface area contributed by atoms with Gasteiger partial charge in [-0.25, -0.2) is 0 Å². The second kappa shape index (κ2) is 3.40. The first-order chi connectivity index (χ1) is 5.79. The fourth-order valence-corrected chi connectivity index (χ4v) is 3.61. The van der Waals surface area contributed by atoms with E-state index in [4.69, 9.17) is 0 Å². The van der Waals surface area contributed by atoms with Crippen LogP contribution in [0.5, 0.6) is 0 Å². The molecule has 0 heteroatoms. The normalized spacial score (nSPS) is 41.8. The molecule has 0 heterocycles. The van der Waals surface area contributed by atoms with Gasteiger partial charge in [0.25, 0.3) is 0 Å². The lowest BCUT2D eigenvalue weighted by Gasteiger charge is -2.31. The zero-order valence-electron chi connectivity index (χ0n) is 8.55. The molecule has 0 saturated heterocycles.